The van der Waals surface area contributed by atoms with Crippen LogP contribution in [-0.2, 0) is 25.5 Å². The topological polar surface area (TPSA) is 107 Å². The third-order valence-electron chi connectivity index (χ3n) is 3.25. The van der Waals surface area contributed by atoms with Crippen LogP contribution in [-0.4, -0.2) is 33.5 Å². The number of esters is 2. The number of nitrogens with two attached hydrogens (primary N) is 1. The lowest BCUT2D eigenvalue weighted by molar-refractivity contribution is -0.177. The van der Waals surface area contributed by atoms with Crippen molar-refractivity contribution in [2.75, 3.05) is 0 Å². The summed E-state index contributed by atoms with van der Waals surface area (Å²) in [6.45, 7) is 5.25. The fourth-order valence-corrected chi connectivity index (χ4v) is 2.16. The van der Waals surface area contributed by atoms with E-state index in [4.69, 9.17) is 15.2 Å². The summed E-state index contributed by atoms with van der Waals surface area (Å²) in [6, 6.07) is 7.79. The number of hydrogen-bond donors (Lipinski definition) is 2. The predicted octanol–water partition coefficient (Wildman–Crippen LogP) is 1.91. The number of nitrogens with one attached hydrogen (secondary N) is 1. The molecule has 3 N–H and O–H groups in total. The molecule has 2 rings (SSSR count). The predicted molar refractivity (Wildman–Crippen MR) is 91.4 cm³/mol. The van der Waals surface area contributed by atoms with Crippen LogP contribution in [0.1, 0.15) is 38.1 Å². The summed E-state index contributed by atoms with van der Waals surface area (Å²) in [7, 11) is 0. The number of imidazole rings is 1. The molecule has 0 fully saturated rings. The number of nitrogens with zero attached hydrogens (tertiary/aromatic N) is 1. The van der Waals surface area contributed by atoms with E-state index in [1.165, 1.54) is 6.33 Å². The van der Waals surface area contributed by atoms with Crippen LogP contribution in [0.2, 0.25) is 0 Å². The Morgan fingerprint density at radius 2 is 1.88 bits per heavy atom. The first-order valence-corrected chi connectivity index (χ1v) is 7.97. The summed E-state index contributed by atoms with van der Waals surface area (Å²) in [5.41, 5.74) is 6.42. The Labute approximate surface area is 146 Å². The van der Waals surface area contributed by atoms with Gasteiger partial charge in [-0.05, 0) is 20.8 Å². The Morgan fingerprint density at radius 3 is 2.44 bits per heavy atom. The van der Waals surface area contributed by atoms with Gasteiger partial charge in [-0.15, -0.1) is 0 Å². The van der Waals surface area contributed by atoms with Gasteiger partial charge in [0.15, 0.2) is 0 Å². The summed E-state index contributed by atoms with van der Waals surface area (Å²) < 4.78 is 10.7. The van der Waals surface area contributed by atoms with Crippen LogP contribution >= 0.6 is 0 Å². The molecule has 0 aliphatic heterocycles. The van der Waals surface area contributed by atoms with Crippen LogP contribution in [0.3, 0.4) is 0 Å². The van der Waals surface area contributed by atoms with E-state index in [1.54, 1.807) is 57.3 Å². The molecule has 25 heavy (non-hydrogen) atoms. The maximum atomic E-state index is 12.5. The van der Waals surface area contributed by atoms with Gasteiger partial charge in [0.25, 0.3) is 0 Å². The van der Waals surface area contributed by atoms with Crippen molar-refractivity contribution < 1.29 is 19.1 Å². The molecule has 0 saturated carbocycles. The summed E-state index contributed by atoms with van der Waals surface area (Å²) in [5, 5.41) is 0. The molecule has 1 unspecified atom stereocenters. The molecule has 0 aliphatic rings. The third kappa shape index (κ3) is 5.72. The van der Waals surface area contributed by atoms with E-state index < -0.39 is 29.7 Å². The van der Waals surface area contributed by atoms with Crippen LogP contribution in [0, 0.1) is 0 Å². The Bertz CT molecular complexity index is 693. The Morgan fingerprint density at radius 1 is 1.20 bits per heavy atom. The highest BCUT2D eigenvalue weighted by atomic mass is 16.6. The van der Waals surface area contributed by atoms with Crippen LogP contribution in [0.25, 0.3) is 0 Å². The highest BCUT2D eigenvalue weighted by Crippen LogP contribution is 2.23. The van der Waals surface area contributed by atoms with Crippen molar-refractivity contribution in [1.82, 2.24) is 9.97 Å². The first-order valence-electron chi connectivity index (χ1n) is 7.97. The zero-order valence-corrected chi connectivity index (χ0v) is 14.6. The Hall–Kier alpha value is -2.67. The van der Waals surface area contributed by atoms with E-state index in [9.17, 15) is 9.59 Å². The van der Waals surface area contributed by atoms with Gasteiger partial charge in [0, 0.05) is 23.9 Å². The standard InChI is InChI=1S/C18H23N3O4/c1-18(2,3)25-17(23)15(12-7-5-4-6-8-12)24-16(22)14(19)9-13-10-20-11-21-13/h4-8,10-11,14-15H,9,19H2,1-3H3,(H,20,21)/t14-,15?/m0/s1. The molecule has 1 aromatic heterocycles. The van der Waals surface area contributed by atoms with Gasteiger partial charge in [-0.25, -0.2) is 9.78 Å². The second kappa shape index (κ2) is 7.94. The first-order chi connectivity index (χ1) is 11.8. The maximum Gasteiger partial charge on any atom is 0.352 e. The second-order valence-electron chi connectivity index (χ2n) is 6.65. The first kappa shape index (κ1) is 18.7. The number of rotatable bonds is 6. The number of carbonyl (C=O) groups is 2. The molecule has 134 valence electrons. The maximum absolute atomic E-state index is 12.5. The fourth-order valence-electron chi connectivity index (χ4n) is 2.16. The zero-order chi connectivity index (χ0) is 18.4. The van der Waals surface area contributed by atoms with Gasteiger partial charge < -0.3 is 20.2 Å². The summed E-state index contributed by atoms with van der Waals surface area (Å²) >= 11 is 0. The minimum Gasteiger partial charge on any atom is -0.457 e. The van der Waals surface area contributed by atoms with Crippen molar-refractivity contribution in [1.29, 1.82) is 0 Å². The largest absolute Gasteiger partial charge is 0.457 e. The molecule has 1 aromatic carbocycles. The summed E-state index contributed by atoms with van der Waals surface area (Å²) in [6.07, 6.45) is 2.14. The van der Waals surface area contributed by atoms with Crippen LogP contribution in [0.4, 0.5) is 0 Å². The second-order valence-corrected chi connectivity index (χ2v) is 6.65. The molecule has 2 aromatic rings. The molecule has 0 amide bonds. The summed E-state index contributed by atoms with van der Waals surface area (Å²) in [5.74, 6) is -1.32. The average Bonchev–Trinajstić information content (AvgIpc) is 3.04. The Balaban J connectivity index is 2.12. The SMILES string of the molecule is CC(C)(C)OC(=O)C(OC(=O)[C@@H](N)Cc1cnc[nH]1)c1ccccc1. The van der Waals surface area contributed by atoms with Gasteiger partial charge in [-0.2, -0.15) is 0 Å². The van der Waals surface area contributed by atoms with E-state index in [-0.39, 0.29) is 6.42 Å². The highest BCUT2D eigenvalue weighted by molar-refractivity contribution is 5.83. The van der Waals surface area contributed by atoms with Crippen molar-refractivity contribution in [3.05, 3.63) is 54.1 Å². The fraction of sp³-hybridized carbons (Fsp3) is 0.389. The van der Waals surface area contributed by atoms with E-state index in [0.29, 0.717) is 11.3 Å². The number of benzene rings is 1. The minimum atomic E-state index is -1.17. The molecule has 0 spiro atoms. The molecule has 1 heterocycles. The number of H-pyrrole nitrogens is 1. The van der Waals surface area contributed by atoms with Crippen LogP contribution < -0.4 is 5.73 Å². The van der Waals surface area contributed by atoms with Gasteiger partial charge in [0.2, 0.25) is 6.10 Å². The monoisotopic (exact) mass is 345 g/mol. The molecular formula is C18H23N3O4. The van der Waals surface area contributed by atoms with Crippen molar-refractivity contribution in [3.63, 3.8) is 0 Å². The number of aromatic amines is 1. The van der Waals surface area contributed by atoms with Gasteiger partial charge in [0.05, 0.1) is 6.33 Å². The number of hydrogen-bond acceptors (Lipinski definition) is 6. The zero-order valence-electron chi connectivity index (χ0n) is 14.6. The molecule has 7 nitrogen and oxygen atoms in total. The van der Waals surface area contributed by atoms with E-state index in [0.717, 1.165) is 0 Å². The van der Waals surface area contributed by atoms with E-state index in [1.807, 2.05) is 0 Å². The van der Waals surface area contributed by atoms with Crippen LogP contribution in [0.15, 0.2) is 42.9 Å². The molecule has 0 saturated heterocycles. The van der Waals surface area contributed by atoms with E-state index >= 15 is 0 Å². The van der Waals surface area contributed by atoms with Gasteiger partial charge >= 0.3 is 11.9 Å². The normalized spacial score (nSPS) is 13.8. The highest BCUT2D eigenvalue weighted by Gasteiger charge is 2.31. The minimum absolute atomic E-state index is 0.231. The molecule has 0 bridgehead atoms. The van der Waals surface area contributed by atoms with E-state index in [2.05, 4.69) is 9.97 Å². The third-order valence-corrected chi connectivity index (χ3v) is 3.25. The molecule has 0 aliphatic carbocycles. The lowest BCUT2D eigenvalue weighted by atomic mass is 10.1. The Kier molecular flexibility index (Phi) is 5.93. The van der Waals surface area contributed by atoms with Crippen molar-refractivity contribution in [3.8, 4) is 0 Å². The lowest BCUT2D eigenvalue weighted by Crippen LogP contribution is -2.38. The molecule has 2 atom stereocenters. The van der Waals surface area contributed by atoms with Gasteiger partial charge in [-0.1, -0.05) is 30.3 Å². The molecular weight excluding hydrogens is 322 g/mol. The van der Waals surface area contributed by atoms with Crippen molar-refractivity contribution in [2.24, 2.45) is 5.73 Å². The van der Waals surface area contributed by atoms with Crippen LogP contribution in [0.5, 0.6) is 0 Å². The van der Waals surface area contributed by atoms with Gasteiger partial charge in [0.1, 0.15) is 11.6 Å². The number of carbonyl (C=O) groups excluding carboxylic acids is 2. The number of aromatic nitrogens is 2. The molecule has 7 heteroatoms. The van der Waals surface area contributed by atoms with Crippen molar-refractivity contribution in [2.45, 2.75) is 44.9 Å². The lowest BCUT2D eigenvalue weighted by Gasteiger charge is -2.25. The van der Waals surface area contributed by atoms with Crippen molar-refractivity contribution >= 4 is 11.9 Å². The van der Waals surface area contributed by atoms with Gasteiger partial charge in [-0.3, -0.25) is 4.79 Å². The molecule has 0 radical (unpaired) electrons. The average molecular weight is 345 g/mol. The smallest absolute Gasteiger partial charge is 0.352 e. The summed E-state index contributed by atoms with van der Waals surface area (Å²) in [4.78, 5) is 31.6. The quantitative estimate of drug-likeness (QED) is 0.774. The number of ether oxygens (including phenoxy) is 2.